The first kappa shape index (κ1) is 15.7. The van der Waals surface area contributed by atoms with Crippen molar-refractivity contribution in [2.45, 2.75) is 12.7 Å². The average Bonchev–Trinajstić information content (AvgIpc) is 2.49. The minimum Gasteiger partial charge on any atom is -0.508 e. The van der Waals surface area contributed by atoms with Crippen molar-refractivity contribution in [2.75, 3.05) is 0 Å². The molecule has 4 N–H and O–H groups in total. The van der Waals surface area contributed by atoms with Gasteiger partial charge in [-0.1, -0.05) is 36.4 Å². The summed E-state index contributed by atoms with van der Waals surface area (Å²) in [6.45, 7) is 1.66. The van der Waals surface area contributed by atoms with Crippen LogP contribution in [0.1, 0.15) is 27.0 Å². The van der Waals surface area contributed by atoms with Crippen molar-refractivity contribution in [3.8, 4) is 5.75 Å². The van der Waals surface area contributed by atoms with Crippen LogP contribution in [0.5, 0.6) is 5.75 Å². The van der Waals surface area contributed by atoms with Gasteiger partial charge < -0.3 is 20.4 Å². The Hall–Kier alpha value is -2.70. The summed E-state index contributed by atoms with van der Waals surface area (Å²) in [5, 5.41) is 38.0. The molecule has 0 aliphatic rings. The van der Waals surface area contributed by atoms with E-state index >= 15 is 0 Å². The van der Waals surface area contributed by atoms with Crippen LogP contribution in [-0.2, 0) is 10.6 Å². The molecule has 2 rings (SSSR count). The molecule has 6 heteroatoms. The standard InChI is InChI=1S/C16H14O6/c1-9-6-7-10(8-13(9)17)14(18)11-4-2-3-5-12(11)16(21,22)15(19)20/h2-8,17,21-22H,1H3,(H,19,20). The number of aryl methyl sites for hydroxylation is 1. The minimum absolute atomic E-state index is 0.0826. The molecule has 0 fully saturated rings. The third kappa shape index (κ3) is 2.69. The van der Waals surface area contributed by atoms with E-state index in [9.17, 15) is 24.9 Å². The second-order valence-corrected chi connectivity index (χ2v) is 4.85. The number of phenolic OH excluding ortho intramolecular Hbond substituents is 1. The van der Waals surface area contributed by atoms with Gasteiger partial charge in [0, 0.05) is 16.7 Å². The third-order valence-electron chi connectivity index (χ3n) is 3.32. The van der Waals surface area contributed by atoms with Crippen LogP contribution in [0, 0.1) is 6.92 Å². The molecule has 6 nitrogen and oxygen atoms in total. The lowest BCUT2D eigenvalue weighted by Gasteiger charge is -2.19. The van der Waals surface area contributed by atoms with Gasteiger partial charge in [-0.25, -0.2) is 4.79 Å². The Bertz CT molecular complexity index is 748. The first-order chi connectivity index (χ1) is 10.2. The molecule has 0 saturated carbocycles. The molecule has 0 atom stereocenters. The zero-order valence-electron chi connectivity index (χ0n) is 11.6. The molecule has 0 spiro atoms. The Morgan fingerprint density at radius 1 is 1.05 bits per heavy atom. The van der Waals surface area contributed by atoms with Gasteiger partial charge in [-0.3, -0.25) is 4.79 Å². The number of carbonyl (C=O) groups excluding carboxylic acids is 1. The number of aliphatic hydroxyl groups is 2. The molecule has 114 valence electrons. The Labute approximate surface area is 125 Å². The number of ketones is 1. The van der Waals surface area contributed by atoms with Gasteiger partial charge in [0.15, 0.2) is 5.78 Å². The molecule has 0 aromatic heterocycles. The van der Waals surface area contributed by atoms with Gasteiger partial charge in [0.1, 0.15) is 5.75 Å². The van der Waals surface area contributed by atoms with Gasteiger partial charge in [-0.2, -0.15) is 0 Å². The van der Waals surface area contributed by atoms with Crippen LogP contribution >= 0.6 is 0 Å². The predicted octanol–water partition coefficient (Wildman–Crippen LogP) is 1.15. The number of phenols is 1. The first-order valence-electron chi connectivity index (χ1n) is 6.37. The summed E-state index contributed by atoms with van der Waals surface area (Å²) in [7, 11) is 0. The van der Waals surface area contributed by atoms with Gasteiger partial charge in [-0.15, -0.1) is 0 Å². The first-order valence-corrected chi connectivity index (χ1v) is 6.37. The van der Waals surface area contributed by atoms with Gasteiger partial charge in [0.25, 0.3) is 5.79 Å². The highest BCUT2D eigenvalue weighted by Gasteiger charge is 2.38. The van der Waals surface area contributed by atoms with Crippen molar-refractivity contribution in [1.82, 2.24) is 0 Å². The predicted molar refractivity (Wildman–Crippen MR) is 76.5 cm³/mol. The van der Waals surface area contributed by atoms with Gasteiger partial charge in [-0.05, 0) is 18.6 Å². The Morgan fingerprint density at radius 3 is 2.27 bits per heavy atom. The summed E-state index contributed by atoms with van der Waals surface area (Å²) < 4.78 is 0. The van der Waals surface area contributed by atoms with Crippen LogP contribution in [-0.4, -0.2) is 32.2 Å². The summed E-state index contributed by atoms with van der Waals surface area (Å²) in [5.41, 5.74) is 0.0801. The summed E-state index contributed by atoms with van der Waals surface area (Å²) in [4.78, 5) is 23.5. The van der Waals surface area contributed by atoms with Crippen molar-refractivity contribution in [3.05, 3.63) is 64.7 Å². The number of carbonyl (C=O) groups is 2. The molecule has 0 unspecified atom stereocenters. The number of carboxylic acid groups (broad SMARTS) is 1. The third-order valence-corrected chi connectivity index (χ3v) is 3.32. The zero-order valence-corrected chi connectivity index (χ0v) is 11.6. The van der Waals surface area contributed by atoms with E-state index in [0.717, 1.165) is 6.07 Å². The van der Waals surface area contributed by atoms with Crippen LogP contribution < -0.4 is 0 Å². The minimum atomic E-state index is -3.18. The Balaban J connectivity index is 2.56. The van der Waals surface area contributed by atoms with E-state index in [-0.39, 0.29) is 16.9 Å². The highest BCUT2D eigenvalue weighted by molar-refractivity contribution is 6.10. The fourth-order valence-corrected chi connectivity index (χ4v) is 2.01. The van der Waals surface area contributed by atoms with Gasteiger partial charge in [0.05, 0.1) is 0 Å². The molecule has 22 heavy (non-hydrogen) atoms. The molecule has 0 bridgehead atoms. The van der Waals surface area contributed by atoms with Crippen LogP contribution in [0.3, 0.4) is 0 Å². The maximum Gasteiger partial charge on any atom is 0.369 e. The lowest BCUT2D eigenvalue weighted by Crippen LogP contribution is -2.36. The van der Waals surface area contributed by atoms with Gasteiger partial charge >= 0.3 is 5.97 Å². The van der Waals surface area contributed by atoms with E-state index in [1.54, 1.807) is 6.92 Å². The van der Waals surface area contributed by atoms with Crippen LogP contribution in [0.25, 0.3) is 0 Å². The fraction of sp³-hybridized carbons (Fsp3) is 0.125. The molecule has 2 aromatic carbocycles. The van der Waals surface area contributed by atoms with E-state index in [2.05, 4.69) is 0 Å². The van der Waals surface area contributed by atoms with E-state index in [4.69, 9.17) is 5.11 Å². The molecular formula is C16H14O6. The summed E-state index contributed by atoms with van der Waals surface area (Å²) in [6.07, 6.45) is 0. The van der Waals surface area contributed by atoms with Gasteiger partial charge in [0.2, 0.25) is 0 Å². The average molecular weight is 302 g/mol. The normalized spacial score (nSPS) is 11.2. The maximum atomic E-state index is 12.5. The lowest BCUT2D eigenvalue weighted by molar-refractivity contribution is -0.208. The lowest BCUT2D eigenvalue weighted by atomic mass is 9.93. The van der Waals surface area contributed by atoms with Crippen molar-refractivity contribution >= 4 is 11.8 Å². The smallest absolute Gasteiger partial charge is 0.369 e. The van der Waals surface area contributed by atoms with Crippen LogP contribution in [0.2, 0.25) is 0 Å². The van der Waals surface area contributed by atoms with E-state index < -0.39 is 23.1 Å². The highest BCUT2D eigenvalue weighted by atomic mass is 16.5. The number of hydrogen-bond donors (Lipinski definition) is 4. The number of benzene rings is 2. The largest absolute Gasteiger partial charge is 0.508 e. The molecule has 2 aromatic rings. The SMILES string of the molecule is Cc1ccc(C(=O)c2ccccc2C(O)(O)C(=O)O)cc1O. The zero-order chi connectivity index (χ0) is 16.5. The number of aliphatic carboxylic acids is 1. The number of carboxylic acids is 1. The quantitative estimate of drug-likeness (QED) is 0.497. The highest BCUT2D eigenvalue weighted by Crippen LogP contribution is 2.26. The molecule has 0 aliphatic heterocycles. The monoisotopic (exact) mass is 302 g/mol. The van der Waals surface area contributed by atoms with E-state index in [1.807, 2.05) is 0 Å². The van der Waals surface area contributed by atoms with E-state index in [0.29, 0.717) is 5.56 Å². The molecular weight excluding hydrogens is 288 g/mol. The topological polar surface area (TPSA) is 115 Å². The number of rotatable bonds is 4. The van der Waals surface area contributed by atoms with Crippen molar-refractivity contribution in [2.24, 2.45) is 0 Å². The van der Waals surface area contributed by atoms with Crippen molar-refractivity contribution in [3.63, 3.8) is 0 Å². The Kier molecular flexibility index (Phi) is 3.99. The fourth-order valence-electron chi connectivity index (χ4n) is 2.01. The van der Waals surface area contributed by atoms with Crippen molar-refractivity contribution in [1.29, 1.82) is 0 Å². The van der Waals surface area contributed by atoms with E-state index in [1.165, 1.54) is 36.4 Å². The summed E-state index contributed by atoms with van der Waals surface area (Å²) in [6, 6.07) is 9.55. The number of hydrogen-bond acceptors (Lipinski definition) is 5. The maximum absolute atomic E-state index is 12.5. The summed E-state index contributed by atoms with van der Waals surface area (Å²) in [5.74, 6) is -5.78. The molecule has 0 amide bonds. The number of aromatic hydroxyl groups is 1. The second-order valence-electron chi connectivity index (χ2n) is 4.85. The summed E-state index contributed by atoms with van der Waals surface area (Å²) >= 11 is 0. The van der Waals surface area contributed by atoms with Crippen molar-refractivity contribution < 1.29 is 30.0 Å². The molecule has 0 heterocycles. The second kappa shape index (κ2) is 5.59. The Morgan fingerprint density at radius 2 is 1.68 bits per heavy atom. The van der Waals surface area contributed by atoms with Crippen LogP contribution in [0.4, 0.5) is 0 Å². The molecule has 0 aliphatic carbocycles. The molecule has 0 radical (unpaired) electrons. The van der Waals surface area contributed by atoms with Crippen LogP contribution in [0.15, 0.2) is 42.5 Å². The molecule has 0 saturated heterocycles.